The van der Waals surface area contributed by atoms with E-state index in [0.717, 1.165) is 25.3 Å². The summed E-state index contributed by atoms with van der Waals surface area (Å²) in [6.07, 6.45) is 2.71. The fourth-order valence-corrected chi connectivity index (χ4v) is 1.26. The predicted octanol–water partition coefficient (Wildman–Crippen LogP) is 1.76. The minimum Gasteiger partial charge on any atom is -0.355 e. The van der Waals surface area contributed by atoms with Crippen LogP contribution in [-0.2, 0) is 0 Å². The second-order valence-electron chi connectivity index (χ2n) is 2.66. The lowest BCUT2D eigenvalue weighted by Crippen LogP contribution is -2.24. The van der Waals surface area contributed by atoms with Gasteiger partial charge >= 0.3 is 0 Å². The molecular formula is C8H13ClN4. The maximum atomic E-state index is 5.63. The SMILES string of the molecule is CCCN(CC)c1cnnc(Cl)n1. The Morgan fingerprint density at radius 2 is 2.23 bits per heavy atom. The molecule has 1 rings (SSSR count). The van der Waals surface area contributed by atoms with E-state index in [9.17, 15) is 0 Å². The number of halogens is 1. The fraction of sp³-hybridized carbons (Fsp3) is 0.625. The van der Waals surface area contributed by atoms with E-state index in [0.29, 0.717) is 0 Å². The molecule has 1 aromatic rings. The lowest BCUT2D eigenvalue weighted by molar-refractivity contribution is 0.767. The number of anilines is 1. The van der Waals surface area contributed by atoms with Crippen LogP contribution in [0.3, 0.4) is 0 Å². The van der Waals surface area contributed by atoms with E-state index in [1.54, 1.807) is 6.20 Å². The Bertz CT molecular complexity index is 266. The van der Waals surface area contributed by atoms with Crippen molar-refractivity contribution >= 4 is 17.4 Å². The summed E-state index contributed by atoms with van der Waals surface area (Å²) in [5, 5.41) is 7.54. The molecule has 0 aliphatic rings. The lowest BCUT2D eigenvalue weighted by Gasteiger charge is -2.19. The highest BCUT2D eigenvalue weighted by Crippen LogP contribution is 2.10. The zero-order valence-electron chi connectivity index (χ0n) is 7.87. The first-order chi connectivity index (χ1) is 6.27. The highest BCUT2D eigenvalue weighted by Gasteiger charge is 2.05. The van der Waals surface area contributed by atoms with Crippen molar-refractivity contribution in [3.05, 3.63) is 11.5 Å². The molecule has 4 nitrogen and oxygen atoms in total. The van der Waals surface area contributed by atoms with Gasteiger partial charge in [-0.1, -0.05) is 6.92 Å². The zero-order chi connectivity index (χ0) is 9.68. The first kappa shape index (κ1) is 10.2. The molecule has 0 N–H and O–H groups in total. The summed E-state index contributed by atoms with van der Waals surface area (Å²) in [6.45, 7) is 6.07. The van der Waals surface area contributed by atoms with Crippen molar-refractivity contribution in [3.8, 4) is 0 Å². The van der Waals surface area contributed by atoms with E-state index in [4.69, 9.17) is 11.6 Å². The van der Waals surface area contributed by atoms with E-state index in [1.807, 2.05) is 0 Å². The summed E-state index contributed by atoms with van der Waals surface area (Å²) in [6, 6.07) is 0. The highest BCUT2D eigenvalue weighted by molar-refractivity contribution is 6.28. The molecular weight excluding hydrogens is 188 g/mol. The van der Waals surface area contributed by atoms with E-state index < -0.39 is 0 Å². The Morgan fingerprint density at radius 1 is 1.46 bits per heavy atom. The number of hydrogen-bond donors (Lipinski definition) is 0. The third-order valence-corrected chi connectivity index (χ3v) is 1.88. The summed E-state index contributed by atoms with van der Waals surface area (Å²) in [5.41, 5.74) is 0. The number of nitrogens with zero attached hydrogens (tertiary/aromatic N) is 4. The molecule has 72 valence electrons. The molecule has 0 unspecified atom stereocenters. The molecule has 0 amide bonds. The van der Waals surface area contributed by atoms with Gasteiger partial charge in [-0.2, -0.15) is 10.1 Å². The van der Waals surface area contributed by atoms with E-state index in [1.165, 1.54) is 0 Å². The summed E-state index contributed by atoms with van der Waals surface area (Å²) >= 11 is 5.63. The second kappa shape index (κ2) is 4.97. The van der Waals surface area contributed by atoms with Gasteiger partial charge in [0.2, 0.25) is 5.28 Å². The van der Waals surface area contributed by atoms with Gasteiger partial charge in [-0.3, -0.25) is 0 Å². The minimum atomic E-state index is 0.201. The molecule has 0 fully saturated rings. The smallest absolute Gasteiger partial charge is 0.244 e. The molecule has 0 bridgehead atoms. The van der Waals surface area contributed by atoms with Crippen molar-refractivity contribution in [2.24, 2.45) is 0 Å². The van der Waals surface area contributed by atoms with Crippen LogP contribution in [0.5, 0.6) is 0 Å². The minimum absolute atomic E-state index is 0.201. The van der Waals surface area contributed by atoms with Gasteiger partial charge in [0, 0.05) is 13.1 Å². The molecule has 0 saturated carbocycles. The van der Waals surface area contributed by atoms with Gasteiger partial charge in [0.15, 0.2) is 5.82 Å². The maximum absolute atomic E-state index is 5.63. The third-order valence-electron chi connectivity index (χ3n) is 1.72. The molecule has 0 radical (unpaired) electrons. The van der Waals surface area contributed by atoms with Crippen molar-refractivity contribution < 1.29 is 0 Å². The van der Waals surface area contributed by atoms with Crippen molar-refractivity contribution in [3.63, 3.8) is 0 Å². The van der Waals surface area contributed by atoms with Gasteiger partial charge in [-0.25, -0.2) is 0 Å². The van der Waals surface area contributed by atoms with Gasteiger partial charge in [0.05, 0.1) is 6.20 Å². The van der Waals surface area contributed by atoms with Crippen LogP contribution in [0.25, 0.3) is 0 Å². The van der Waals surface area contributed by atoms with Gasteiger partial charge < -0.3 is 4.90 Å². The standard InChI is InChI=1S/C8H13ClN4/c1-3-5-13(4-2)7-6-10-12-8(9)11-7/h6H,3-5H2,1-2H3. The average Bonchev–Trinajstić information content (AvgIpc) is 2.14. The van der Waals surface area contributed by atoms with Crippen LogP contribution >= 0.6 is 11.6 Å². The van der Waals surface area contributed by atoms with Crippen molar-refractivity contribution in [1.82, 2.24) is 15.2 Å². The molecule has 13 heavy (non-hydrogen) atoms. The van der Waals surface area contributed by atoms with Gasteiger partial charge in [0.1, 0.15) is 0 Å². The molecule has 0 aliphatic carbocycles. The van der Waals surface area contributed by atoms with E-state index >= 15 is 0 Å². The molecule has 5 heteroatoms. The maximum Gasteiger partial charge on any atom is 0.244 e. The van der Waals surface area contributed by atoms with Crippen molar-refractivity contribution in [2.75, 3.05) is 18.0 Å². The Hall–Kier alpha value is -0.900. The second-order valence-corrected chi connectivity index (χ2v) is 3.00. The number of hydrogen-bond acceptors (Lipinski definition) is 4. The molecule has 0 aromatic carbocycles. The summed E-state index contributed by atoms with van der Waals surface area (Å²) in [7, 11) is 0. The predicted molar refractivity (Wildman–Crippen MR) is 53.0 cm³/mol. The fourth-order valence-electron chi connectivity index (χ4n) is 1.13. The van der Waals surface area contributed by atoms with Crippen LogP contribution in [0.15, 0.2) is 6.20 Å². The van der Waals surface area contributed by atoms with Crippen LogP contribution in [0.2, 0.25) is 5.28 Å². The molecule has 0 aliphatic heterocycles. The number of aromatic nitrogens is 3. The summed E-state index contributed by atoms with van der Waals surface area (Å²) in [4.78, 5) is 6.19. The molecule has 1 heterocycles. The quantitative estimate of drug-likeness (QED) is 0.743. The van der Waals surface area contributed by atoms with Crippen LogP contribution in [-0.4, -0.2) is 28.3 Å². The van der Waals surface area contributed by atoms with Crippen molar-refractivity contribution in [2.45, 2.75) is 20.3 Å². The molecule has 0 atom stereocenters. The normalized spacial score (nSPS) is 10.1. The van der Waals surface area contributed by atoms with Gasteiger partial charge in [-0.05, 0) is 24.9 Å². The molecule has 0 spiro atoms. The Labute approximate surface area is 82.9 Å². The van der Waals surface area contributed by atoms with Gasteiger partial charge in [-0.15, -0.1) is 5.10 Å². The average molecular weight is 201 g/mol. The van der Waals surface area contributed by atoms with Crippen LogP contribution < -0.4 is 4.90 Å². The van der Waals surface area contributed by atoms with Crippen LogP contribution in [0.1, 0.15) is 20.3 Å². The Kier molecular flexibility index (Phi) is 3.89. The van der Waals surface area contributed by atoms with Crippen molar-refractivity contribution in [1.29, 1.82) is 0 Å². The first-order valence-corrected chi connectivity index (χ1v) is 4.75. The lowest BCUT2D eigenvalue weighted by atomic mass is 10.4. The highest BCUT2D eigenvalue weighted by atomic mass is 35.5. The third kappa shape index (κ3) is 2.81. The first-order valence-electron chi connectivity index (χ1n) is 4.38. The largest absolute Gasteiger partial charge is 0.355 e. The van der Waals surface area contributed by atoms with E-state index in [-0.39, 0.29) is 5.28 Å². The zero-order valence-corrected chi connectivity index (χ0v) is 8.62. The van der Waals surface area contributed by atoms with Crippen LogP contribution in [0, 0.1) is 0 Å². The van der Waals surface area contributed by atoms with Gasteiger partial charge in [0.25, 0.3) is 0 Å². The molecule has 0 saturated heterocycles. The van der Waals surface area contributed by atoms with E-state index in [2.05, 4.69) is 33.9 Å². The van der Waals surface area contributed by atoms with Crippen LogP contribution in [0.4, 0.5) is 5.82 Å². The molecule has 1 aromatic heterocycles. The topological polar surface area (TPSA) is 41.9 Å². The number of rotatable bonds is 4. The monoisotopic (exact) mass is 200 g/mol. The summed E-state index contributed by atoms with van der Waals surface area (Å²) < 4.78 is 0. The Morgan fingerprint density at radius 3 is 2.77 bits per heavy atom. The summed E-state index contributed by atoms with van der Waals surface area (Å²) in [5.74, 6) is 0.796. The Balaban J connectivity index is 2.78.